The van der Waals surface area contributed by atoms with E-state index in [9.17, 15) is 9.59 Å². The molecule has 2 aromatic rings. The van der Waals surface area contributed by atoms with Crippen molar-refractivity contribution < 1.29 is 4.79 Å². The number of aromatic amines is 1. The first-order valence-corrected chi connectivity index (χ1v) is 10.6. The fourth-order valence-corrected chi connectivity index (χ4v) is 4.81. The number of hydrogen-bond acceptors (Lipinski definition) is 6. The fourth-order valence-electron chi connectivity index (χ4n) is 3.84. The molecule has 0 atom stereocenters. The van der Waals surface area contributed by atoms with Gasteiger partial charge in [-0.2, -0.15) is 4.98 Å². The summed E-state index contributed by atoms with van der Waals surface area (Å²) in [6.07, 6.45) is 11.3. The van der Waals surface area contributed by atoms with Crippen molar-refractivity contribution in [1.29, 1.82) is 0 Å². The van der Waals surface area contributed by atoms with E-state index in [1.807, 2.05) is 0 Å². The molecular formula is C19H25N5O2S. The van der Waals surface area contributed by atoms with Crippen LogP contribution < -0.4 is 15.8 Å². The van der Waals surface area contributed by atoms with Crippen LogP contribution in [0.3, 0.4) is 0 Å². The van der Waals surface area contributed by atoms with Crippen LogP contribution in [0.4, 0.5) is 5.13 Å². The number of allylic oxidation sites excluding steroid dienone is 1. The molecule has 1 saturated heterocycles. The highest BCUT2D eigenvalue weighted by atomic mass is 32.1. The minimum atomic E-state index is -0.147. The van der Waals surface area contributed by atoms with Gasteiger partial charge in [-0.05, 0) is 44.9 Å². The third-order valence-electron chi connectivity index (χ3n) is 5.45. The van der Waals surface area contributed by atoms with Gasteiger partial charge in [0, 0.05) is 25.6 Å². The number of carbonyl (C=O) groups is 1. The van der Waals surface area contributed by atoms with Crippen LogP contribution in [-0.2, 0) is 4.79 Å². The Morgan fingerprint density at radius 2 is 2.19 bits per heavy atom. The molecule has 0 spiro atoms. The van der Waals surface area contributed by atoms with E-state index in [0.29, 0.717) is 10.3 Å². The molecule has 0 aromatic carbocycles. The number of nitrogens with one attached hydrogen (secondary N) is 2. The Balaban J connectivity index is 1.27. The Kier molecular flexibility index (Phi) is 5.52. The lowest BCUT2D eigenvalue weighted by Gasteiger charge is -2.31. The summed E-state index contributed by atoms with van der Waals surface area (Å²) < 4.78 is 0.560. The van der Waals surface area contributed by atoms with E-state index in [2.05, 4.69) is 31.2 Å². The second-order valence-corrected chi connectivity index (χ2v) is 8.27. The van der Waals surface area contributed by atoms with Crippen LogP contribution in [0, 0.1) is 5.92 Å². The lowest BCUT2D eigenvalue weighted by Crippen LogP contribution is -2.40. The van der Waals surface area contributed by atoms with Gasteiger partial charge in [0.15, 0.2) is 10.8 Å². The molecule has 4 rings (SSSR count). The number of piperidine rings is 1. The van der Waals surface area contributed by atoms with Crippen molar-refractivity contribution in [3.05, 3.63) is 28.3 Å². The molecule has 1 fully saturated rings. The third-order valence-corrected chi connectivity index (χ3v) is 6.56. The molecule has 3 heterocycles. The number of carbonyl (C=O) groups excluding carboxylic acids is 1. The highest BCUT2D eigenvalue weighted by Gasteiger charge is 2.26. The molecule has 1 amide bonds. The number of aromatic nitrogens is 3. The van der Waals surface area contributed by atoms with Crippen LogP contribution in [0.25, 0.3) is 10.3 Å². The molecule has 1 aliphatic carbocycles. The van der Waals surface area contributed by atoms with E-state index in [1.54, 1.807) is 0 Å². The molecule has 2 aliphatic rings. The van der Waals surface area contributed by atoms with E-state index in [-0.39, 0.29) is 17.4 Å². The number of amides is 1. The van der Waals surface area contributed by atoms with E-state index in [4.69, 9.17) is 0 Å². The van der Waals surface area contributed by atoms with E-state index < -0.39 is 0 Å². The smallest absolute Gasteiger partial charge is 0.270 e. The zero-order valence-corrected chi connectivity index (χ0v) is 16.2. The molecule has 0 unspecified atom stereocenters. The van der Waals surface area contributed by atoms with Crippen molar-refractivity contribution in [3.8, 4) is 0 Å². The van der Waals surface area contributed by atoms with Crippen LogP contribution in [0.15, 0.2) is 22.8 Å². The zero-order valence-electron chi connectivity index (χ0n) is 15.4. The highest BCUT2D eigenvalue weighted by molar-refractivity contribution is 7.22. The first kappa shape index (κ1) is 18.2. The molecule has 0 saturated carbocycles. The monoisotopic (exact) mass is 387 g/mol. The molecule has 0 radical (unpaired) electrons. The van der Waals surface area contributed by atoms with Crippen molar-refractivity contribution in [2.75, 3.05) is 24.5 Å². The first-order chi connectivity index (χ1) is 13.2. The first-order valence-electron chi connectivity index (χ1n) is 9.75. The molecule has 7 nitrogen and oxygen atoms in total. The SMILES string of the molecule is O=C(NCCC1=CCCCC1)C1CCN(c2nc3nc[nH]c(=O)c3s2)CC1. The predicted octanol–water partition coefficient (Wildman–Crippen LogP) is 2.60. The topological polar surface area (TPSA) is 91.0 Å². The Morgan fingerprint density at radius 3 is 2.93 bits per heavy atom. The van der Waals surface area contributed by atoms with Gasteiger partial charge in [-0.15, -0.1) is 0 Å². The Hall–Kier alpha value is -2.22. The van der Waals surface area contributed by atoms with Gasteiger partial charge in [-0.25, -0.2) is 4.98 Å². The number of hydrogen-bond donors (Lipinski definition) is 2. The van der Waals surface area contributed by atoms with Crippen LogP contribution in [0.5, 0.6) is 0 Å². The van der Waals surface area contributed by atoms with Gasteiger partial charge in [0.05, 0.1) is 6.33 Å². The van der Waals surface area contributed by atoms with Crippen molar-refractivity contribution >= 4 is 32.7 Å². The number of H-pyrrole nitrogens is 1. The Labute approximate surface area is 161 Å². The molecule has 2 N–H and O–H groups in total. The Morgan fingerprint density at radius 1 is 1.33 bits per heavy atom. The summed E-state index contributed by atoms with van der Waals surface area (Å²) in [4.78, 5) is 37.6. The molecule has 0 bridgehead atoms. The maximum absolute atomic E-state index is 12.5. The van der Waals surface area contributed by atoms with Crippen LogP contribution >= 0.6 is 11.3 Å². The highest BCUT2D eigenvalue weighted by Crippen LogP contribution is 2.29. The maximum Gasteiger partial charge on any atom is 0.270 e. The average Bonchev–Trinajstić information content (AvgIpc) is 3.15. The van der Waals surface area contributed by atoms with Gasteiger partial charge in [0.1, 0.15) is 4.70 Å². The lowest BCUT2D eigenvalue weighted by molar-refractivity contribution is -0.125. The molecular weight excluding hydrogens is 362 g/mol. The predicted molar refractivity (Wildman–Crippen MR) is 107 cm³/mol. The van der Waals surface area contributed by atoms with Crippen molar-refractivity contribution in [1.82, 2.24) is 20.3 Å². The van der Waals surface area contributed by atoms with Crippen LogP contribution in [0.2, 0.25) is 0 Å². The number of fused-ring (bicyclic) bond motifs is 1. The van der Waals surface area contributed by atoms with Crippen LogP contribution in [0.1, 0.15) is 44.9 Å². The van der Waals surface area contributed by atoms with Gasteiger partial charge < -0.3 is 15.2 Å². The standard InChI is InChI=1S/C19H25N5O2S/c25-17(20-9-6-13-4-2-1-3-5-13)14-7-10-24(11-8-14)19-23-16-15(27-19)18(26)22-12-21-16/h4,12,14H,1-3,5-11H2,(H,20,25)(H,21,22,26). The Bertz CT molecular complexity index is 895. The van der Waals surface area contributed by atoms with Gasteiger partial charge in [-0.1, -0.05) is 23.0 Å². The lowest BCUT2D eigenvalue weighted by atomic mass is 9.95. The van der Waals surface area contributed by atoms with E-state index >= 15 is 0 Å². The fraction of sp³-hybridized carbons (Fsp3) is 0.579. The quantitative estimate of drug-likeness (QED) is 0.770. The summed E-state index contributed by atoms with van der Waals surface area (Å²) in [5, 5.41) is 3.93. The summed E-state index contributed by atoms with van der Waals surface area (Å²) in [6, 6.07) is 0. The second-order valence-electron chi connectivity index (χ2n) is 7.29. The van der Waals surface area contributed by atoms with E-state index in [0.717, 1.165) is 44.0 Å². The number of nitrogens with zero attached hydrogens (tertiary/aromatic N) is 3. The van der Waals surface area contributed by atoms with Gasteiger partial charge >= 0.3 is 0 Å². The minimum Gasteiger partial charge on any atom is -0.356 e. The largest absolute Gasteiger partial charge is 0.356 e. The maximum atomic E-state index is 12.5. The summed E-state index contributed by atoms with van der Waals surface area (Å²) in [5.41, 5.74) is 1.84. The number of anilines is 1. The molecule has 144 valence electrons. The molecule has 1 aliphatic heterocycles. The number of thiazole rings is 1. The van der Waals surface area contributed by atoms with Gasteiger partial charge in [0.25, 0.3) is 5.56 Å². The average molecular weight is 388 g/mol. The van der Waals surface area contributed by atoms with Crippen molar-refractivity contribution in [3.63, 3.8) is 0 Å². The third kappa shape index (κ3) is 4.21. The van der Waals surface area contributed by atoms with Crippen molar-refractivity contribution in [2.24, 2.45) is 5.92 Å². The number of rotatable bonds is 5. The summed E-state index contributed by atoms with van der Waals surface area (Å²) in [7, 11) is 0. The molecule has 8 heteroatoms. The summed E-state index contributed by atoms with van der Waals surface area (Å²) in [6.45, 7) is 2.30. The summed E-state index contributed by atoms with van der Waals surface area (Å²) >= 11 is 1.37. The van der Waals surface area contributed by atoms with Gasteiger partial charge in [-0.3, -0.25) is 9.59 Å². The van der Waals surface area contributed by atoms with E-state index in [1.165, 1.54) is 48.9 Å². The summed E-state index contributed by atoms with van der Waals surface area (Å²) in [5.74, 6) is 0.242. The minimum absolute atomic E-state index is 0.0671. The van der Waals surface area contributed by atoms with Crippen LogP contribution in [-0.4, -0.2) is 40.5 Å². The van der Waals surface area contributed by atoms with Crippen molar-refractivity contribution in [2.45, 2.75) is 44.9 Å². The molecule has 27 heavy (non-hydrogen) atoms. The normalized spacial score (nSPS) is 18.5. The van der Waals surface area contributed by atoms with Gasteiger partial charge in [0.2, 0.25) is 5.91 Å². The zero-order chi connectivity index (χ0) is 18.6. The molecule has 2 aromatic heterocycles. The second kappa shape index (κ2) is 8.21.